The molecule has 1 fully saturated rings. The first kappa shape index (κ1) is 16.0. The molecule has 1 aliphatic rings. The quantitative estimate of drug-likeness (QED) is 0.722. The second kappa shape index (κ2) is 6.76. The molecule has 0 radical (unpaired) electrons. The largest absolute Gasteiger partial charge is 0.361 e. The minimum absolute atomic E-state index is 0.323. The summed E-state index contributed by atoms with van der Waals surface area (Å²) in [5.74, 6) is 2.61. The molecule has 3 aromatic rings. The van der Waals surface area contributed by atoms with Crippen molar-refractivity contribution in [2.45, 2.75) is 39.2 Å². The molecule has 0 amide bonds. The Morgan fingerprint density at radius 3 is 2.52 bits per heavy atom. The number of rotatable bonds is 4. The van der Waals surface area contributed by atoms with E-state index >= 15 is 0 Å². The number of piperidine rings is 1. The van der Waals surface area contributed by atoms with Gasteiger partial charge in [0.05, 0.1) is 5.69 Å². The fraction of sp³-hybridized carbons (Fsp3) is 0.444. The highest BCUT2D eigenvalue weighted by Crippen LogP contribution is 2.29. The molecule has 25 heavy (non-hydrogen) atoms. The normalized spacial score (nSPS) is 16.4. The van der Waals surface area contributed by atoms with E-state index in [2.05, 4.69) is 25.2 Å². The van der Waals surface area contributed by atoms with E-state index < -0.39 is 0 Å². The first-order chi connectivity index (χ1) is 12.2. The molecule has 130 valence electrons. The van der Waals surface area contributed by atoms with Gasteiger partial charge in [0.2, 0.25) is 11.7 Å². The average Bonchev–Trinajstić information content (AvgIpc) is 3.26. The van der Waals surface area contributed by atoms with Crippen LogP contribution in [-0.2, 0) is 6.54 Å². The number of hydrogen-bond donors (Lipinski definition) is 0. The number of aryl methyl sites for hydroxylation is 2. The second-order valence-corrected chi connectivity index (χ2v) is 6.55. The van der Waals surface area contributed by atoms with Crippen molar-refractivity contribution in [1.82, 2.24) is 25.2 Å². The Hall–Kier alpha value is -2.54. The zero-order valence-electron chi connectivity index (χ0n) is 14.5. The van der Waals surface area contributed by atoms with E-state index in [-0.39, 0.29) is 0 Å². The van der Waals surface area contributed by atoms with Gasteiger partial charge in [-0.25, -0.2) is 0 Å². The standard InChI is InChI=1S/C18H21N5O2/c1-12-16(13(2)24-21-12)11-23-9-5-15(6-10-23)18-20-17(22-25-18)14-3-7-19-8-4-14/h3-4,7-8,15H,5-6,9-11H2,1-2H3. The van der Waals surface area contributed by atoms with Crippen molar-refractivity contribution in [3.8, 4) is 11.4 Å². The molecule has 3 aromatic heterocycles. The van der Waals surface area contributed by atoms with Gasteiger partial charge in [0.1, 0.15) is 5.76 Å². The second-order valence-electron chi connectivity index (χ2n) is 6.55. The smallest absolute Gasteiger partial charge is 0.230 e. The summed E-state index contributed by atoms with van der Waals surface area (Å²) in [7, 11) is 0. The summed E-state index contributed by atoms with van der Waals surface area (Å²) in [4.78, 5) is 11.0. The Morgan fingerprint density at radius 2 is 1.84 bits per heavy atom. The minimum atomic E-state index is 0.323. The molecule has 4 heterocycles. The van der Waals surface area contributed by atoms with Crippen LogP contribution in [0.15, 0.2) is 33.6 Å². The maximum absolute atomic E-state index is 5.51. The molecule has 0 atom stereocenters. The molecule has 0 aliphatic carbocycles. The van der Waals surface area contributed by atoms with Gasteiger partial charge in [-0.15, -0.1) is 0 Å². The molecule has 1 saturated heterocycles. The Labute approximate surface area is 146 Å². The van der Waals surface area contributed by atoms with Gasteiger partial charge in [0.25, 0.3) is 0 Å². The molecule has 0 saturated carbocycles. The van der Waals surface area contributed by atoms with Crippen LogP contribution in [0.4, 0.5) is 0 Å². The highest BCUT2D eigenvalue weighted by atomic mass is 16.5. The monoisotopic (exact) mass is 339 g/mol. The van der Waals surface area contributed by atoms with Crippen molar-refractivity contribution in [3.05, 3.63) is 47.4 Å². The van der Waals surface area contributed by atoms with Gasteiger partial charge in [-0.3, -0.25) is 9.88 Å². The molecule has 0 unspecified atom stereocenters. The molecule has 0 aromatic carbocycles. The molecule has 7 nitrogen and oxygen atoms in total. The van der Waals surface area contributed by atoms with Crippen molar-refractivity contribution in [1.29, 1.82) is 0 Å². The van der Waals surface area contributed by atoms with Gasteiger partial charge >= 0.3 is 0 Å². The Bertz CT molecular complexity index is 815. The van der Waals surface area contributed by atoms with Gasteiger partial charge in [-0.2, -0.15) is 4.98 Å². The Balaban J connectivity index is 1.38. The van der Waals surface area contributed by atoms with Crippen molar-refractivity contribution in [3.63, 3.8) is 0 Å². The van der Waals surface area contributed by atoms with Crippen LogP contribution in [0.5, 0.6) is 0 Å². The first-order valence-electron chi connectivity index (χ1n) is 8.59. The molecule has 7 heteroatoms. The van der Waals surface area contributed by atoms with Crippen LogP contribution in [0.2, 0.25) is 0 Å². The van der Waals surface area contributed by atoms with E-state index in [1.165, 1.54) is 5.56 Å². The summed E-state index contributed by atoms with van der Waals surface area (Å²) in [6, 6.07) is 3.78. The molecule has 4 rings (SSSR count). The summed E-state index contributed by atoms with van der Waals surface area (Å²) < 4.78 is 10.8. The lowest BCUT2D eigenvalue weighted by Gasteiger charge is -2.30. The predicted molar refractivity (Wildman–Crippen MR) is 90.8 cm³/mol. The van der Waals surface area contributed by atoms with Crippen LogP contribution < -0.4 is 0 Å². The zero-order valence-corrected chi connectivity index (χ0v) is 14.5. The highest BCUT2D eigenvalue weighted by Gasteiger charge is 2.26. The van der Waals surface area contributed by atoms with E-state index in [0.29, 0.717) is 11.7 Å². The third-order valence-electron chi connectivity index (χ3n) is 4.88. The predicted octanol–water partition coefficient (Wildman–Crippen LogP) is 3.12. The Kier molecular flexibility index (Phi) is 4.31. The summed E-state index contributed by atoms with van der Waals surface area (Å²) in [5, 5.41) is 8.15. The van der Waals surface area contributed by atoms with Crippen LogP contribution in [0, 0.1) is 13.8 Å². The summed E-state index contributed by atoms with van der Waals surface area (Å²) in [5.41, 5.74) is 3.12. The number of likely N-dealkylation sites (tertiary alicyclic amines) is 1. The van der Waals surface area contributed by atoms with Gasteiger partial charge in [0, 0.05) is 36.0 Å². The van der Waals surface area contributed by atoms with Crippen molar-refractivity contribution < 1.29 is 9.05 Å². The van der Waals surface area contributed by atoms with Gasteiger partial charge in [0.15, 0.2) is 0 Å². The fourth-order valence-electron chi connectivity index (χ4n) is 3.31. The molecular formula is C18H21N5O2. The summed E-state index contributed by atoms with van der Waals surface area (Å²) in [6.45, 7) is 6.86. The van der Waals surface area contributed by atoms with Gasteiger partial charge in [-0.05, 0) is 51.9 Å². The fourth-order valence-corrected chi connectivity index (χ4v) is 3.31. The maximum Gasteiger partial charge on any atom is 0.230 e. The maximum atomic E-state index is 5.51. The van der Waals surface area contributed by atoms with Crippen LogP contribution in [-0.4, -0.2) is 38.3 Å². The third kappa shape index (κ3) is 3.32. The van der Waals surface area contributed by atoms with Crippen molar-refractivity contribution in [2.24, 2.45) is 0 Å². The van der Waals surface area contributed by atoms with E-state index in [1.54, 1.807) is 12.4 Å². The lowest BCUT2D eigenvalue weighted by molar-refractivity contribution is 0.186. The lowest BCUT2D eigenvalue weighted by atomic mass is 9.96. The molecule has 0 bridgehead atoms. The molecule has 0 N–H and O–H groups in total. The Morgan fingerprint density at radius 1 is 1.08 bits per heavy atom. The zero-order chi connectivity index (χ0) is 17.2. The van der Waals surface area contributed by atoms with E-state index in [0.717, 1.165) is 55.4 Å². The van der Waals surface area contributed by atoms with Crippen LogP contribution in [0.3, 0.4) is 0 Å². The first-order valence-corrected chi connectivity index (χ1v) is 8.59. The van der Waals surface area contributed by atoms with Crippen molar-refractivity contribution in [2.75, 3.05) is 13.1 Å². The van der Waals surface area contributed by atoms with Crippen LogP contribution >= 0.6 is 0 Å². The summed E-state index contributed by atoms with van der Waals surface area (Å²) >= 11 is 0. The number of hydrogen-bond acceptors (Lipinski definition) is 7. The minimum Gasteiger partial charge on any atom is -0.361 e. The topological polar surface area (TPSA) is 81.1 Å². The number of aromatic nitrogens is 4. The molecule has 0 spiro atoms. The van der Waals surface area contributed by atoms with Gasteiger partial charge < -0.3 is 9.05 Å². The van der Waals surface area contributed by atoms with Crippen molar-refractivity contribution >= 4 is 0 Å². The number of pyridine rings is 1. The van der Waals surface area contributed by atoms with E-state index in [4.69, 9.17) is 9.05 Å². The lowest BCUT2D eigenvalue weighted by Crippen LogP contribution is -2.32. The highest BCUT2D eigenvalue weighted by molar-refractivity contribution is 5.52. The van der Waals surface area contributed by atoms with Crippen LogP contribution in [0.1, 0.15) is 41.7 Å². The van der Waals surface area contributed by atoms with Crippen LogP contribution in [0.25, 0.3) is 11.4 Å². The number of nitrogens with zero attached hydrogens (tertiary/aromatic N) is 5. The SMILES string of the molecule is Cc1noc(C)c1CN1CCC(c2nc(-c3ccncc3)no2)CC1. The van der Waals surface area contributed by atoms with E-state index in [1.807, 2.05) is 26.0 Å². The average molecular weight is 339 g/mol. The van der Waals surface area contributed by atoms with Gasteiger partial charge in [-0.1, -0.05) is 10.3 Å². The molecule has 1 aliphatic heterocycles. The van der Waals surface area contributed by atoms with E-state index in [9.17, 15) is 0 Å². The summed E-state index contributed by atoms with van der Waals surface area (Å²) in [6.07, 6.45) is 5.50. The third-order valence-corrected chi connectivity index (χ3v) is 4.88. The molecular weight excluding hydrogens is 318 g/mol.